The number of para-hydroxylation sites is 1. The van der Waals surface area contributed by atoms with Gasteiger partial charge in [-0.3, -0.25) is 25.4 Å². The van der Waals surface area contributed by atoms with Crippen molar-refractivity contribution in [2.24, 2.45) is 0 Å². The molecule has 0 saturated carbocycles. The maximum Gasteiger partial charge on any atom is 0.273 e. The van der Waals surface area contributed by atoms with E-state index in [-0.39, 0.29) is 16.8 Å². The maximum atomic E-state index is 13.5. The number of halogens is 1. The summed E-state index contributed by atoms with van der Waals surface area (Å²) in [6, 6.07) is 12.5. The molecule has 2 aromatic carbocycles. The van der Waals surface area contributed by atoms with Crippen LogP contribution < -0.4 is 16.6 Å². The number of rotatable bonds is 2. The molecule has 2 amide bonds. The van der Waals surface area contributed by atoms with E-state index in [2.05, 4.69) is 15.8 Å². The third-order valence-electron chi connectivity index (χ3n) is 3.47. The number of aromatic nitrogens is 1. The normalized spacial score (nSPS) is 10.4. The van der Waals surface area contributed by atoms with Gasteiger partial charge in [0.05, 0.1) is 22.3 Å². The molecule has 120 valence electrons. The molecule has 0 aliphatic rings. The predicted octanol–water partition coefficient (Wildman–Crippen LogP) is 2.03. The van der Waals surface area contributed by atoms with Gasteiger partial charge >= 0.3 is 0 Å². The van der Waals surface area contributed by atoms with Crippen molar-refractivity contribution < 1.29 is 14.0 Å². The number of hydrogen-bond acceptors (Lipinski definition) is 4. The van der Waals surface area contributed by atoms with Crippen LogP contribution in [0.1, 0.15) is 20.7 Å². The van der Waals surface area contributed by atoms with Gasteiger partial charge in [-0.2, -0.15) is 0 Å². The molecule has 4 N–H and O–H groups in total. The standard InChI is InChI=1S/C17H13FN4O2/c18-13-7-3-1-5-10(13)16(23)21-22-17(24)12-9-20-14-8-4-2-6-11(14)15(12)19/h1-9H,(H2,19,20)(H,21,23)(H,22,24). The number of carbonyl (C=O) groups excluding carboxylic acids is 2. The van der Waals surface area contributed by atoms with Crippen LogP contribution in [0, 0.1) is 5.82 Å². The first-order chi connectivity index (χ1) is 11.6. The number of nitrogens with two attached hydrogens (primary N) is 1. The van der Waals surface area contributed by atoms with Crippen LogP contribution in [-0.4, -0.2) is 16.8 Å². The average Bonchev–Trinajstić information content (AvgIpc) is 2.60. The van der Waals surface area contributed by atoms with Crippen LogP contribution in [0.2, 0.25) is 0 Å². The maximum absolute atomic E-state index is 13.5. The SMILES string of the molecule is Nc1c(C(=O)NNC(=O)c2ccccc2F)cnc2ccccc12. The van der Waals surface area contributed by atoms with Crippen LogP contribution in [0.25, 0.3) is 10.9 Å². The molecule has 6 nitrogen and oxygen atoms in total. The average molecular weight is 324 g/mol. The smallest absolute Gasteiger partial charge is 0.273 e. The Kier molecular flexibility index (Phi) is 4.07. The number of anilines is 1. The zero-order valence-corrected chi connectivity index (χ0v) is 12.4. The molecule has 0 saturated heterocycles. The lowest BCUT2D eigenvalue weighted by molar-refractivity contribution is 0.0844. The Morgan fingerprint density at radius 2 is 1.54 bits per heavy atom. The first-order valence-corrected chi connectivity index (χ1v) is 7.06. The summed E-state index contributed by atoms with van der Waals surface area (Å²) in [5.41, 5.74) is 11.2. The molecule has 0 fully saturated rings. The topological polar surface area (TPSA) is 97.1 Å². The number of nitrogens with one attached hydrogen (secondary N) is 2. The van der Waals surface area contributed by atoms with Crippen molar-refractivity contribution in [3.8, 4) is 0 Å². The zero-order valence-electron chi connectivity index (χ0n) is 12.4. The molecule has 0 radical (unpaired) electrons. The second kappa shape index (κ2) is 6.33. The number of fused-ring (bicyclic) bond motifs is 1. The lowest BCUT2D eigenvalue weighted by atomic mass is 10.1. The number of amides is 2. The molecular weight excluding hydrogens is 311 g/mol. The Morgan fingerprint density at radius 1 is 0.917 bits per heavy atom. The highest BCUT2D eigenvalue weighted by atomic mass is 19.1. The Bertz CT molecular complexity index is 943. The molecule has 0 bridgehead atoms. The van der Waals surface area contributed by atoms with Crippen molar-refractivity contribution in [3.63, 3.8) is 0 Å². The van der Waals surface area contributed by atoms with E-state index in [9.17, 15) is 14.0 Å². The van der Waals surface area contributed by atoms with Crippen molar-refractivity contribution in [2.75, 3.05) is 5.73 Å². The molecule has 0 spiro atoms. The van der Waals surface area contributed by atoms with Gasteiger partial charge in [0.15, 0.2) is 0 Å². The molecule has 3 aromatic rings. The lowest BCUT2D eigenvalue weighted by Crippen LogP contribution is -2.42. The van der Waals surface area contributed by atoms with Crippen molar-refractivity contribution in [2.45, 2.75) is 0 Å². The van der Waals surface area contributed by atoms with Crippen LogP contribution in [0.15, 0.2) is 54.7 Å². The number of benzene rings is 2. The van der Waals surface area contributed by atoms with E-state index in [1.54, 1.807) is 18.2 Å². The van der Waals surface area contributed by atoms with Gasteiger partial charge in [-0.1, -0.05) is 30.3 Å². The fourth-order valence-electron chi connectivity index (χ4n) is 2.24. The molecular formula is C17H13FN4O2. The number of hydrogen-bond donors (Lipinski definition) is 3. The van der Waals surface area contributed by atoms with Gasteiger partial charge in [0.25, 0.3) is 11.8 Å². The zero-order chi connectivity index (χ0) is 17.1. The minimum Gasteiger partial charge on any atom is -0.397 e. The van der Waals surface area contributed by atoms with Gasteiger partial charge in [0, 0.05) is 11.6 Å². The van der Waals surface area contributed by atoms with Gasteiger partial charge < -0.3 is 5.73 Å². The van der Waals surface area contributed by atoms with E-state index < -0.39 is 17.6 Å². The van der Waals surface area contributed by atoms with Crippen molar-refractivity contribution in [1.29, 1.82) is 0 Å². The summed E-state index contributed by atoms with van der Waals surface area (Å²) in [4.78, 5) is 28.2. The van der Waals surface area contributed by atoms with Crippen molar-refractivity contribution in [1.82, 2.24) is 15.8 Å². The second-order valence-corrected chi connectivity index (χ2v) is 4.99. The fraction of sp³-hybridized carbons (Fsp3) is 0. The number of nitrogens with zero attached hydrogens (tertiary/aromatic N) is 1. The Hall–Kier alpha value is -3.48. The fourth-order valence-corrected chi connectivity index (χ4v) is 2.24. The molecule has 24 heavy (non-hydrogen) atoms. The summed E-state index contributed by atoms with van der Waals surface area (Å²) in [5.74, 6) is -2.10. The summed E-state index contributed by atoms with van der Waals surface area (Å²) in [6.07, 6.45) is 1.32. The van der Waals surface area contributed by atoms with Crippen LogP contribution >= 0.6 is 0 Å². The first-order valence-electron chi connectivity index (χ1n) is 7.06. The highest BCUT2D eigenvalue weighted by Gasteiger charge is 2.15. The van der Waals surface area contributed by atoms with E-state index in [1.807, 2.05) is 6.07 Å². The third-order valence-corrected chi connectivity index (χ3v) is 3.47. The summed E-state index contributed by atoms with van der Waals surface area (Å²) >= 11 is 0. The number of nitrogen functional groups attached to an aromatic ring is 1. The predicted molar refractivity (Wildman–Crippen MR) is 87.5 cm³/mol. The molecule has 1 aromatic heterocycles. The van der Waals surface area contributed by atoms with Crippen LogP contribution in [0.3, 0.4) is 0 Å². The quantitative estimate of drug-likeness (QED) is 0.628. The molecule has 7 heteroatoms. The lowest BCUT2D eigenvalue weighted by Gasteiger charge is -2.10. The van der Waals surface area contributed by atoms with E-state index >= 15 is 0 Å². The minimum atomic E-state index is -0.770. The minimum absolute atomic E-state index is 0.113. The molecule has 1 heterocycles. The number of pyridine rings is 1. The summed E-state index contributed by atoms with van der Waals surface area (Å²) in [7, 11) is 0. The summed E-state index contributed by atoms with van der Waals surface area (Å²) in [5, 5.41) is 0.630. The Labute approximate surface area is 136 Å². The molecule has 0 atom stereocenters. The highest BCUT2D eigenvalue weighted by molar-refractivity contribution is 6.07. The van der Waals surface area contributed by atoms with Gasteiger partial charge in [-0.05, 0) is 18.2 Å². The Morgan fingerprint density at radius 3 is 2.29 bits per heavy atom. The number of carbonyl (C=O) groups is 2. The third kappa shape index (κ3) is 2.87. The highest BCUT2D eigenvalue weighted by Crippen LogP contribution is 2.22. The van der Waals surface area contributed by atoms with E-state index in [1.165, 1.54) is 24.4 Å². The van der Waals surface area contributed by atoms with Crippen molar-refractivity contribution >= 4 is 28.4 Å². The van der Waals surface area contributed by atoms with Crippen LogP contribution in [0.4, 0.5) is 10.1 Å². The first kappa shape index (κ1) is 15.4. The van der Waals surface area contributed by atoms with Crippen molar-refractivity contribution in [3.05, 3.63) is 71.7 Å². The van der Waals surface area contributed by atoms with E-state index in [0.717, 1.165) is 6.07 Å². The molecule has 0 aliphatic carbocycles. The molecule has 0 aliphatic heterocycles. The largest absolute Gasteiger partial charge is 0.397 e. The second-order valence-electron chi connectivity index (χ2n) is 4.99. The summed E-state index contributed by atoms with van der Waals surface area (Å²) < 4.78 is 13.5. The summed E-state index contributed by atoms with van der Waals surface area (Å²) in [6.45, 7) is 0. The monoisotopic (exact) mass is 324 g/mol. The van der Waals surface area contributed by atoms with Gasteiger partial charge in [0.2, 0.25) is 0 Å². The van der Waals surface area contributed by atoms with Crippen LogP contribution in [-0.2, 0) is 0 Å². The van der Waals surface area contributed by atoms with Gasteiger partial charge in [0.1, 0.15) is 5.82 Å². The van der Waals surface area contributed by atoms with Gasteiger partial charge in [-0.25, -0.2) is 4.39 Å². The molecule has 3 rings (SSSR count). The Balaban J connectivity index is 1.77. The molecule has 0 unspecified atom stereocenters. The number of hydrazine groups is 1. The van der Waals surface area contributed by atoms with E-state index in [4.69, 9.17) is 5.73 Å². The van der Waals surface area contributed by atoms with E-state index in [0.29, 0.717) is 10.9 Å². The van der Waals surface area contributed by atoms with Gasteiger partial charge in [-0.15, -0.1) is 0 Å². The van der Waals surface area contributed by atoms with Crippen LogP contribution in [0.5, 0.6) is 0 Å².